The second-order valence-electron chi connectivity index (χ2n) is 11.3. The summed E-state index contributed by atoms with van der Waals surface area (Å²) in [6.07, 6.45) is 4.81. The molecule has 3 aromatic carbocycles. The lowest BCUT2D eigenvalue weighted by Crippen LogP contribution is -2.46. The average Bonchev–Trinajstić information content (AvgIpc) is 3.85. The average molecular weight is 672 g/mol. The van der Waals surface area contributed by atoms with E-state index < -0.39 is 0 Å². The molecule has 2 fully saturated rings. The number of aromatic nitrogens is 3. The van der Waals surface area contributed by atoms with Gasteiger partial charge in [0.2, 0.25) is 0 Å². The summed E-state index contributed by atoms with van der Waals surface area (Å²) in [6, 6.07) is 24.4. The number of rotatable bonds is 10. The van der Waals surface area contributed by atoms with E-state index in [-0.39, 0.29) is 18.0 Å². The van der Waals surface area contributed by atoms with Gasteiger partial charge < -0.3 is 40.6 Å². The van der Waals surface area contributed by atoms with Gasteiger partial charge in [0.25, 0.3) is 0 Å². The van der Waals surface area contributed by atoms with Gasteiger partial charge in [0, 0.05) is 68.5 Å². The van der Waals surface area contributed by atoms with E-state index in [2.05, 4.69) is 56.6 Å². The van der Waals surface area contributed by atoms with Crippen LogP contribution < -0.4 is 31.4 Å². The molecule has 49 heavy (non-hydrogen) atoms. The Labute approximate surface area is 288 Å². The smallest absolute Gasteiger partial charge is 0.350 e. The maximum absolute atomic E-state index is 12.6. The van der Waals surface area contributed by atoms with Gasteiger partial charge in [-0.05, 0) is 55.8 Å². The van der Waals surface area contributed by atoms with Gasteiger partial charge in [-0.2, -0.15) is 10.2 Å². The molecule has 13 nitrogen and oxygen atoms in total. The van der Waals surface area contributed by atoms with Crippen LogP contribution in [0, 0.1) is 5.41 Å². The second kappa shape index (κ2) is 19.1. The highest BCUT2D eigenvalue weighted by Gasteiger charge is 2.19. The summed E-state index contributed by atoms with van der Waals surface area (Å²) in [4.78, 5) is 17.4. The highest BCUT2D eigenvalue weighted by molar-refractivity contribution is 6.14. The van der Waals surface area contributed by atoms with E-state index in [1.54, 1.807) is 29.7 Å². The van der Waals surface area contributed by atoms with Crippen LogP contribution in [0.1, 0.15) is 43.7 Å². The molecular formula is C36H49N9O4. The number of hydrazone groups is 1. The first-order valence-corrected chi connectivity index (χ1v) is 16.5. The minimum atomic E-state index is -0.129. The first-order chi connectivity index (χ1) is 23.9. The molecule has 13 heteroatoms. The zero-order valence-electron chi connectivity index (χ0n) is 28.9. The van der Waals surface area contributed by atoms with Crippen molar-refractivity contribution >= 4 is 23.8 Å². The Morgan fingerprint density at radius 2 is 1.61 bits per heavy atom. The first-order valence-electron chi connectivity index (χ1n) is 16.5. The van der Waals surface area contributed by atoms with Crippen LogP contribution in [0.15, 0.2) is 89.0 Å². The van der Waals surface area contributed by atoms with E-state index in [4.69, 9.17) is 25.4 Å². The van der Waals surface area contributed by atoms with Gasteiger partial charge in [0.05, 0.1) is 38.3 Å². The Hall–Kier alpha value is -4.98. The summed E-state index contributed by atoms with van der Waals surface area (Å²) < 4.78 is 19.2. The quantitative estimate of drug-likeness (QED) is 0.165. The van der Waals surface area contributed by atoms with Crippen LogP contribution in [0.4, 0.5) is 11.4 Å². The van der Waals surface area contributed by atoms with E-state index in [9.17, 15) is 4.79 Å². The summed E-state index contributed by atoms with van der Waals surface area (Å²) in [5, 5.41) is 14.1. The van der Waals surface area contributed by atoms with Crippen LogP contribution in [0.25, 0.3) is 5.69 Å². The normalized spacial score (nSPS) is 15.2. The van der Waals surface area contributed by atoms with Crippen molar-refractivity contribution in [2.45, 2.75) is 39.1 Å². The molecule has 1 atom stereocenters. The molecule has 0 aliphatic carbocycles. The minimum absolute atomic E-state index is 0.0888. The second-order valence-corrected chi connectivity index (χ2v) is 11.3. The molecule has 4 N–H and O–H groups in total. The molecule has 2 aliphatic heterocycles. The van der Waals surface area contributed by atoms with Crippen LogP contribution in [-0.4, -0.2) is 80.3 Å². The number of methoxy groups -OCH3 is 1. The summed E-state index contributed by atoms with van der Waals surface area (Å²) in [7, 11) is 3.35. The van der Waals surface area contributed by atoms with E-state index in [0.29, 0.717) is 19.8 Å². The third kappa shape index (κ3) is 10.0. The number of nitrogens with two attached hydrogens (primary N) is 1. The Kier molecular flexibility index (Phi) is 14.4. The third-order valence-electron chi connectivity index (χ3n) is 8.30. The maximum atomic E-state index is 12.6. The van der Waals surface area contributed by atoms with Gasteiger partial charge in [-0.15, -0.1) is 0 Å². The van der Waals surface area contributed by atoms with E-state index in [1.807, 2.05) is 55.5 Å². The first kappa shape index (κ1) is 36.8. The molecular weight excluding hydrogens is 622 g/mol. The number of anilines is 2. The molecule has 0 radical (unpaired) electrons. The predicted molar refractivity (Wildman–Crippen MR) is 196 cm³/mol. The summed E-state index contributed by atoms with van der Waals surface area (Å²) in [6.45, 7) is 9.64. The molecule has 1 aromatic heterocycles. The van der Waals surface area contributed by atoms with E-state index in [1.165, 1.54) is 11.9 Å². The summed E-state index contributed by atoms with van der Waals surface area (Å²) in [5.41, 5.74) is 13.6. The van der Waals surface area contributed by atoms with Crippen LogP contribution in [0.3, 0.4) is 0 Å². The number of benzene rings is 3. The number of ether oxygens (including phenoxy) is 3. The fourth-order valence-electron chi connectivity index (χ4n) is 5.41. The van der Waals surface area contributed by atoms with Crippen molar-refractivity contribution in [3.63, 3.8) is 0 Å². The molecule has 4 aromatic rings. The number of nitrogens with one attached hydrogen (secondary N) is 2. The number of piperazine rings is 1. The van der Waals surface area contributed by atoms with Gasteiger partial charge in [-0.3, -0.25) is 0 Å². The number of hydrogen-bond donors (Lipinski definition) is 3. The fraction of sp³-hybridized carbons (Fsp3) is 0.389. The number of nitrogens with zero attached hydrogens (tertiary/aromatic N) is 6. The Morgan fingerprint density at radius 3 is 2.16 bits per heavy atom. The molecule has 262 valence electrons. The zero-order chi connectivity index (χ0) is 35.0. The van der Waals surface area contributed by atoms with Gasteiger partial charge >= 0.3 is 5.69 Å². The van der Waals surface area contributed by atoms with Gasteiger partial charge in [0.1, 0.15) is 12.1 Å². The van der Waals surface area contributed by atoms with Gasteiger partial charge in [-0.1, -0.05) is 37.3 Å². The molecule has 0 bridgehead atoms. The van der Waals surface area contributed by atoms with E-state index >= 15 is 0 Å². The predicted octanol–water partition coefficient (Wildman–Crippen LogP) is 4.37. The Balaban J connectivity index is 0.000000259. The fourth-order valence-corrected chi connectivity index (χ4v) is 5.41. The lowest BCUT2D eigenvalue weighted by atomic mass is 10.1. The molecule has 0 spiro atoms. The highest BCUT2D eigenvalue weighted by Crippen LogP contribution is 2.27. The molecule has 2 aliphatic rings. The van der Waals surface area contributed by atoms with Crippen molar-refractivity contribution in [3.05, 3.63) is 101 Å². The standard InChI is InChI=1S/C24H32N6O2.C9H10O2.C3H7N3/c1-4-18(2)30-24(31)29(17-26-30)21-7-5-20(6-8-21)27-11-13-28(14-12-27)22-9-10-23(32-3)19(15-22)16-25;1-2-4-8(5-3-1)9-10-6-7-11-9;1-5-6-3-2-4/h5-10,15,17-18H,4,11-14,16,25H2,1-3H3;1-5,9H,6-7H2;2-5H,1H3/b;;4-2?,6-3-. The number of hydrogen-bond acceptors (Lipinski definition) is 11. The van der Waals surface area contributed by atoms with Crippen LogP contribution in [0.5, 0.6) is 5.75 Å². The van der Waals surface area contributed by atoms with Crippen molar-refractivity contribution < 1.29 is 14.2 Å². The molecule has 6 rings (SSSR count). The largest absolute Gasteiger partial charge is 0.496 e. The van der Waals surface area contributed by atoms with Gasteiger partial charge in [0.15, 0.2) is 6.29 Å². The zero-order valence-corrected chi connectivity index (χ0v) is 28.9. The monoisotopic (exact) mass is 671 g/mol. The third-order valence-corrected chi connectivity index (χ3v) is 8.30. The Bertz CT molecular complexity index is 1640. The minimum Gasteiger partial charge on any atom is -0.496 e. The molecule has 0 amide bonds. The molecule has 3 heterocycles. The SMILES string of the molecule is CCC(C)n1ncn(-c2ccc(N3CCN(c4ccc(OC)c(CN)c4)CC3)cc2)c1=O.CN/N=C\C=N.c1ccc(C2OCCO2)cc1. The van der Waals surface area contributed by atoms with Crippen LogP contribution in [0.2, 0.25) is 0 Å². The van der Waals surface area contributed by atoms with Crippen molar-refractivity contribution in [1.29, 1.82) is 5.41 Å². The molecule has 0 saturated carbocycles. The lowest BCUT2D eigenvalue weighted by Gasteiger charge is -2.37. The lowest BCUT2D eigenvalue weighted by molar-refractivity contribution is -0.0441. The molecule has 2 saturated heterocycles. The van der Waals surface area contributed by atoms with Crippen molar-refractivity contribution in [2.75, 3.05) is 63.4 Å². The van der Waals surface area contributed by atoms with Crippen molar-refractivity contribution in [2.24, 2.45) is 10.8 Å². The maximum Gasteiger partial charge on any atom is 0.350 e. The summed E-state index contributed by atoms with van der Waals surface area (Å²) in [5.74, 6) is 0.837. The van der Waals surface area contributed by atoms with Crippen molar-refractivity contribution in [1.82, 2.24) is 19.8 Å². The highest BCUT2D eigenvalue weighted by atomic mass is 16.7. The molecule has 1 unspecified atom stereocenters. The topological polar surface area (TPSA) is 148 Å². The van der Waals surface area contributed by atoms with Crippen LogP contribution in [-0.2, 0) is 16.0 Å². The van der Waals surface area contributed by atoms with Crippen molar-refractivity contribution in [3.8, 4) is 11.4 Å². The Morgan fingerprint density at radius 1 is 1.00 bits per heavy atom. The van der Waals surface area contributed by atoms with E-state index in [0.717, 1.165) is 67.1 Å². The van der Waals surface area contributed by atoms with Gasteiger partial charge in [-0.25, -0.2) is 14.0 Å². The van der Waals surface area contributed by atoms with Crippen LogP contribution >= 0.6 is 0 Å². The summed E-state index contributed by atoms with van der Waals surface area (Å²) >= 11 is 0.